The van der Waals surface area contributed by atoms with Crippen LogP contribution in [0, 0.1) is 0 Å². The van der Waals surface area contributed by atoms with Crippen molar-refractivity contribution in [3.05, 3.63) is 34.9 Å². The first-order valence-electron chi connectivity index (χ1n) is 6.72. The first-order chi connectivity index (χ1) is 9.79. The Kier molecular flexibility index (Phi) is 4.33. The van der Waals surface area contributed by atoms with Crippen LogP contribution in [0.4, 0.5) is 0 Å². The third kappa shape index (κ3) is 2.67. The second-order valence-corrected chi connectivity index (χ2v) is 7.90. The van der Waals surface area contributed by atoms with Crippen molar-refractivity contribution < 1.29 is 17.9 Å². The van der Waals surface area contributed by atoms with E-state index in [4.69, 9.17) is 22.1 Å². The van der Waals surface area contributed by atoms with Crippen molar-refractivity contribution >= 4 is 27.4 Å². The molecule has 1 aromatic rings. The zero-order valence-corrected chi connectivity index (χ0v) is 13.4. The third-order valence-corrected chi connectivity index (χ3v) is 6.32. The Hall–Kier alpha value is -1.11. The molecule has 0 bridgehead atoms. The SMILES string of the molecule is CCOC(=O)[C@@]1(N)[C@H](S(=O)(=O)CC)[C@@H]1c1ccc(Cl)cc1. The van der Waals surface area contributed by atoms with Gasteiger partial charge in [0.05, 0.1) is 11.9 Å². The van der Waals surface area contributed by atoms with Crippen LogP contribution in [0.3, 0.4) is 0 Å². The van der Waals surface area contributed by atoms with Gasteiger partial charge in [-0.15, -0.1) is 0 Å². The molecule has 1 aromatic carbocycles. The molecule has 116 valence electrons. The van der Waals surface area contributed by atoms with Crippen LogP contribution in [-0.4, -0.2) is 37.5 Å². The molecule has 21 heavy (non-hydrogen) atoms. The van der Waals surface area contributed by atoms with Gasteiger partial charge in [0.2, 0.25) is 0 Å². The summed E-state index contributed by atoms with van der Waals surface area (Å²) in [6.07, 6.45) is 0. The molecule has 7 heteroatoms. The van der Waals surface area contributed by atoms with Crippen LogP contribution in [0.25, 0.3) is 0 Å². The molecular formula is C14H18ClNO4S. The molecular weight excluding hydrogens is 314 g/mol. The lowest BCUT2D eigenvalue weighted by Crippen LogP contribution is -2.41. The van der Waals surface area contributed by atoms with E-state index >= 15 is 0 Å². The Morgan fingerprint density at radius 1 is 1.33 bits per heavy atom. The predicted molar refractivity (Wildman–Crippen MR) is 81.0 cm³/mol. The zero-order valence-electron chi connectivity index (χ0n) is 11.9. The molecule has 0 heterocycles. The van der Waals surface area contributed by atoms with Gasteiger partial charge in [-0.1, -0.05) is 30.7 Å². The van der Waals surface area contributed by atoms with Crippen molar-refractivity contribution in [3.63, 3.8) is 0 Å². The molecule has 2 rings (SSSR count). The van der Waals surface area contributed by atoms with E-state index in [1.54, 1.807) is 31.2 Å². The van der Waals surface area contributed by atoms with Crippen molar-refractivity contribution in [1.82, 2.24) is 0 Å². The highest BCUT2D eigenvalue weighted by atomic mass is 35.5. The lowest BCUT2D eigenvalue weighted by Gasteiger charge is -2.10. The minimum absolute atomic E-state index is 0.0693. The average molecular weight is 332 g/mol. The van der Waals surface area contributed by atoms with E-state index in [2.05, 4.69) is 0 Å². The first kappa shape index (κ1) is 16.3. The molecule has 1 fully saturated rings. The number of hydrogen-bond donors (Lipinski definition) is 1. The summed E-state index contributed by atoms with van der Waals surface area (Å²) in [5.74, 6) is -1.34. The summed E-state index contributed by atoms with van der Waals surface area (Å²) in [5, 5.41) is -0.414. The molecule has 0 spiro atoms. The largest absolute Gasteiger partial charge is 0.465 e. The molecule has 2 N–H and O–H groups in total. The Balaban J connectivity index is 2.42. The maximum absolute atomic E-state index is 12.2. The lowest BCUT2D eigenvalue weighted by molar-refractivity contribution is -0.145. The van der Waals surface area contributed by atoms with Gasteiger partial charge in [0.1, 0.15) is 5.54 Å². The van der Waals surface area contributed by atoms with Crippen LogP contribution in [0.2, 0.25) is 5.02 Å². The number of carbonyl (C=O) groups excluding carboxylic acids is 1. The highest BCUT2D eigenvalue weighted by molar-refractivity contribution is 7.92. The molecule has 1 saturated carbocycles. The van der Waals surface area contributed by atoms with Crippen LogP contribution in [0.5, 0.6) is 0 Å². The van der Waals surface area contributed by atoms with E-state index < -0.39 is 32.5 Å². The summed E-state index contributed by atoms with van der Waals surface area (Å²) in [6, 6.07) is 6.69. The zero-order chi connectivity index (χ0) is 15.8. The maximum atomic E-state index is 12.2. The topological polar surface area (TPSA) is 86.5 Å². The number of esters is 1. The third-order valence-electron chi connectivity index (χ3n) is 3.83. The normalized spacial score (nSPS) is 28.2. The van der Waals surface area contributed by atoms with Crippen molar-refractivity contribution in [1.29, 1.82) is 0 Å². The minimum atomic E-state index is -3.46. The van der Waals surface area contributed by atoms with Crippen LogP contribution in [-0.2, 0) is 19.4 Å². The van der Waals surface area contributed by atoms with Crippen LogP contribution >= 0.6 is 11.6 Å². The van der Waals surface area contributed by atoms with Crippen molar-refractivity contribution in [2.45, 2.75) is 30.6 Å². The Morgan fingerprint density at radius 3 is 2.38 bits per heavy atom. The molecule has 0 aromatic heterocycles. The van der Waals surface area contributed by atoms with Gasteiger partial charge in [0.25, 0.3) is 0 Å². The molecule has 3 atom stereocenters. The molecule has 1 aliphatic rings. The molecule has 0 unspecified atom stereocenters. The number of carbonyl (C=O) groups is 1. The van der Waals surface area contributed by atoms with Gasteiger partial charge < -0.3 is 10.5 Å². The molecule has 0 radical (unpaired) electrons. The van der Waals surface area contributed by atoms with E-state index in [9.17, 15) is 13.2 Å². The summed E-state index contributed by atoms with van der Waals surface area (Å²) in [6.45, 7) is 3.35. The standard InChI is InChI=1S/C14H18ClNO4S/c1-3-20-13(17)14(16)11(12(14)21(18,19)4-2)9-5-7-10(15)8-6-9/h5-8,11-12H,3-4,16H2,1-2H3/t11-,12+,14-/m0/s1. The fraction of sp³-hybridized carbons (Fsp3) is 0.500. The average Bonchev–Trinajstić information content (AvgIpc) is 3.09. The number of sulfone groups is 1. The minimum Gasteiger partial charge on any atom is -0.465 e. The van der Waals surface area contributed by atoms with E-state index in [0.29, 0.717) is 10.6 Å². The molecule has 1 aliphatic carbocycles. The number of nitrogens with two attached hydrogens (primary N) is 1. The van der Waals surface area contributed by atoms with Crippen LogP contribution in [0.1, 0.15) is 25.3 Å². The molecule has 0 aliphatic heterocycles. The fourth-order valence-electron chi connectivity index (χ4n) is 2.68. The van der Waals surface area contributed by atoms with E-state index in [1.165, 1.54) is 6.92 Å². The summed E-state index contributed by atoms with van der Waals surface area (Å²) < 4.78 is 29.4. The Bertz CT molecular complexity index is 643. The summed E-state index contributed by atoms with van der Waals surface area (Å²) >= 11 is 5.83. The van der Waals surface area contributed by atoms with Gasteiger partial charge in [0.15, 0.2) is 9.84 Å². The second-order valence-electron chi connectivity index (χ2n) is 5.05. The first-order valence-corrected chi connectivity index (χ1v) is 8.81. The van der Waals surface area contributed by atoms with Gasteiger partial charge in [-0.2, -0.15) is 0 Å². The quantitative estimate of drug-likeness (QED) is 0.826. The summed E-state index contributed by atoms with van der Waals surface area (Å²) in [4.78, 5) is 12.1. The fourth-order valence-corrected chi connectivity index (χ4v) is 4.72. The molecule has 0 amide bonds. The Morgan fingerprint density at radius 2 is 1.90 bits per heavy atom. The Labute approximate surface area is 129 Å². The number of hydrogen-bond acceptors (Lipinski definition) is 5. The van der Waals surface area contributed by atoms with Crippen LogP contribution in [0.15, 0.2) is 24.3 Å². The van der Waals surface area contributed by atoms with Crippen molar-refractivity contribution in [3.8, 4) is 0 Å². The molecule has 5 nitrogen and oxygen atoms in total. The summed E-state index contributed by atoms with van der Waals surface area (Å²) in [7, 11) is -3.46. The predicted octanol–water partition coefficient (Wildman–Crippen LogP) is 1.50. The van der Waals surface area contributed by atoms with Gasteiger partial charge in [0, 0.05) is 16.7 Å². The number of rotatable bonds is 5. The van der Waals surface area contributed by atoms with Gasteiger partial charge in [-0.05, 0) is 24.6 Å². The number of benzene rings is 1. The summed E-state index contributed by atoms with van der Waals surface area (Å²) in [5.41, 5.74) is 5.27. The monoisotopic (exact) mass is 331 g/mol. The van der Waals surface area contributed by atoms with Gasteiger partial charge >= 0.3 is 5.97 Å². The molecule has 0 saturated heterocycles. The highest BCUT2D eigenvalue weighted by Gasteiger charge is 2.74. The number of ether oxygens (including phenoxy) is 1. The lowest BCUT2D eigenvalue weighted by atomic mass is 10.1. The van der Waals surface area contributed by atoms with E-state index in [1.807, 2.05) is 0 Å². The van der Waals surface area contributed by atoms with E-state index in [0.717, 1.165) is 0 Å². The van der Waals surface area contributed by atoms with Crippen molar-refractivity contribution in [2.75, 3.05) is 12.4 Å². The van der Waals surface area contributed by atoms with E-state index in [-0.39, 0.29) is 12.4 Å². The van der Waals surface area contributed by atoms with Crippen LogP contribution < -0.4 is 5.73 Å². The van der Waals surface area contributed by atoms with Crippen molar-refractivity contribution in [2.24, 2.45) is 5.73 Å². The maximum Gasteiger partial charge on any atom is 0.328 e. The van der Waals surface area contributed by atoms with Gasteiger partial charge in [-0.3, -0.25) is 0 Å². The number of halogens is 1. The smallest absolute Gasteiger partial charge is 0.328 e. The highest BCUT2D eigenvalue weighted by Crippen LogP contribution is 2.55. The second kappa shape index (κ2) is 5.59. The van der Waals surface area contributed by atoms with Gasteiger partial charge in [-0.25, -0.2) is 13.2 Å².